The maximum absolute atomic E-state index is 2.62. The fourth-order valence-electron chi connectivity index (χ4n) is 14.0. The highest BCUT2D eigenvalue weighted by Gasteiger charge is 2.72. The standard InChI is InChI=1S/C64H66/c1-35(2)45-31-47-27-39(9)61(57(47)53(33-45)37(5)6)63(25-26-63)64(59-41(11)29-55-49-19-15-13-17-43(49)21-23-51(55)59,60-42(12)30-56-50-20-16-14-18-44(50)22-24-52(56)60)62-40(10)28-48-32-46(36(3)4)34-54(38(7)8)58(48)62/h13-24,27-38,59-60H,25-26H2,1-12H3. The fraction of sp³-hybridized carbons (Fsp3) is 0.344. The summed E-state index contributed by atoms with van der Waals surface area (Å²) in [5.74, 6) is 1.95. The van der Waals surface area contributed by atoms with Crippen LogP contribution in [0.5, 0.6) is 0 Å². The van der Waals surface area contributed by atoms with E-state index in [9.17, 15) is 0 Å². The maximum atomic E-state index is 2.62. The summed E-state index contributed by atoms with van der Waals surface area (Å²) in [6, 6.07) is 38.6. The van der Waals surface area contributed by atoms with Crippen LogP contribution < -0.4 is 0 Å². The van der Waals surface area contributed by atoms with Crippen molar-refractivity contribution in [3.63, 3.8) is 0 Å². The first-order valence-electron chi connectivity index (χ1n) is 24.6. The van der Waals surface area contributed by atoms with E-state index in [0.717, 1.165) is 12.8 Å². The largest absolute Gasteiger partial charge is 0.0642 e. The molecule has 0 nitrogen and oxygen atoms in total. The highest BCUT2D eigenvalue weighted by atomic mass is 14.7. The number of hydrogen-bond acceptors (Lipinski definition) is 0. The number of benzene rings is 6. The van der Waals surface area contributed by atoms with Crippen LogP contribution in [0, 0.1) is 23.7 Å². The molecule has 0 N–H and O–H groups in total. The van der Waals surface area contributed by atoms with Crippen molar-refractivity contribution in [3.05, 3.63) is 199 Å². The molecule has 5 aliphatic carbocycles. The molecule has 2 unspecified atom stereocenters. The third-order valence-corrected chi connectivity index (χ3v) is 16.7. The van der Waals surface area contributed by atoms with Crippen molar-refractivity contribution < 1.29 is 0 Å². The summed E-state index contributed by atoms with van der Waals surface area (Å²) in [4.78, 5) is 0. The van der Waals surface area contributed by atoms with Crippen molar-refractivity contribution in [2.45, 2.75) is 131 Å². The van der Waals surface area contributed by atoms with Crippen LogP contribution in [0.4, 0.5) is 0 Å². The zero-order chi connectivity index (χ0) is 44.7. The Morgan fingerprint density at radius 1 is 0.500 bits per heavy atom. The Bertz CT molecular complexity index is 2990. The topological polar surface area (TPSA) is 0 Å². The molecular formula is C64H66. The van der Waals surface area contributed by atoms with Gasteiger partial charge in [0.2, 0.25) is 0 Å². The van der Waals surface area contributed by atoms with Crippen molar-refractivity contribution in [1.82, 2.24) is 0 Å². The van der Waals surface area contributed by atoms with Crippen molar-refractivity contribution in [2.75, 3.05) is 0 Å². The molecule has 322 valence electrons. The van der Waals surface area contributed by atoms with E-state index in [4.69, 9.17) is 0 Å². The molecule has 0 saturated heterocycles. The highest BCUT2D eigenvalue weighted by molar-refractivity contribution is 6.01. The van der Waals surface area contributed by atoms with Gasteiger partial charge in [-0.2, -0.15) is 0 Å². The predicted molar refractivity (Wildman–Crippen MR) is 276 cm³/mol. The van der Waals surface area contributed by atoms with E-state index in [2.05, 4.69) is 205 Å². The number of allylic oxidation sites excluding steroid dienone is 6. The second kappa shape index (κ2) is 14.7. The second-order valence-corrected chi connectivity index (χ2v) is 21.8. The minimum absolute atomic E-state index is 0.135. The van der Waals surface area contributed by atoms with Crippen molar-refractivity contribution in [1.29, 1.82) is 0 Å². The SMILES string of the molecule is CC1=Cc2c(ccc3ccccc23)C1C(C1=C(C)[CH]c2cc(C(C)C)cc(C(C)C)c21)(C1C(C)=Cc2c1ccc1ccccc21)C1(C2=C(C)[CH]c3cc(C(C)C)cc(C(C)C)c32)CC1. The van der Waals surface area contributed by atoms with Crippen LogP contribution in [0.2, 0.25) is 0 Å². The normalized spacial score (nSPS) is 20.5. The Labute approximate surface area is 384 Å². The molecule has 0 amide bonds. The molecule has 0 aliphatic heterocycles. The Kier molecular flexibility index (Phi) is 9.50. The molecule has 0 bridgehead atoms. The molecule has 2 atom stereocenters. The lowest BCUT2D eigenvalue weighted by Gasteiger charge is -2.55. The summed E-state index contributed by atoms with van der Waals surface area (Å²) in [6.07, 6.45) is 12.8. The van der Waals surface area contributed by atoms with Gasteiger partial charge < -0.3 is 0 Å². The quantitative estimate of drug-likeness (QED) is 0.136. The van der Waals surface area contributed by atoms with Gasteiger partial charge in [-0.15, -0.1) is 0 Å². The summed E-state index contributed by atoms with van der Waals surface area (Å²) in [7, 11) is 0. The van der Waals surface area contributed by atoms with Gasteiger partial charge in [-0.1, -0.05) is 187 Å². The van der Waals surface area contributed by atoms with E-state index < -0.39 is 0 Å². The molecule has 5 aliphatic rings. The van der Waals surface area contributed by atoms with Gasteiger partial charge in [0.25, 0.3) is 0 Å². The second-order valence-electron chi connectivity index (χ2n) is 21.8. The van der Waals surface area contributed by atoms with E-state index in [1.807, 2.05) is 0 Å². The van der Waals surface area contributed by atoms with Crippen LogP contribution in [0.3, 0.4) is 0 Å². The first kappa shape index (κ1) is 41.5. The minimum Gasteiger partial charge on any atom is -0.0642 e. The van der Waals surface area contributed by atoms with Crippen LogP contribution in [-0.4, -0.2) is 0 Å². The molecular weight excluding hydrogens is 769 g/mol. The molecule has 1 fully saturated rings. The smallest absolute Gasteiger partial charge is 0.0268 e. The third kappa shape index (κ3) is 5.66. The highest BCUT2D eigenvalue weighted by Crippen LogP contribution is 2.83. The van der Waals surface area contributed by atoms with Gasteiger partial charge in [-0.25, -0.2) is 0 Å². The molecule has 64 heavy (non-hydrogen) atoms. The lowest BCUT2D eigenvalue weighted by Crippen LogP contribution is -2.46. The molecule has 2 radical (unpaired) electrons. The Morgan fingerprint density at radius 3 is 1.42 bits per heavy atom. The summed E-state index contributed by atoms with van der Waals surface area (Å²) < 4.78 is 0. The van der Waals surface area contributed by atoms with E-state index in [1.54, 1.807) is 11.1 Å². The van der Waals surface area contributed by atoms with E-state index in [0.29, 0.717) is 23.7 Å². The molecule has 6 aromatic carbocycles. The lowest BCUT2D eigenvalue weighted by molar-refractivity contribution is 0.208. The molecule has 0 spiro atoms. The van der Waals surface area contributed by atoms with Gasteiger partial charge in [0.1, 0.15) is 0 Å². The van der Waals surface area contributed by atoms with Crippen LogP contribution in [-0.2, 0) is 0 Å². The monoisotopic (exact) mass is 835 g/mol. The molecule has 0 aromatic heterocycles. The zero-order valence-corrected chi connectivity index (χ0v) is 40.4. The summed E-state index contributed by atoms with van der Waals surface area (Å²) in [5.41, 5.74) is 26.3. The van der Waals surface area contributed by atoms with Gasteiger partial charge in [-0.05, 0) is 164 Å². The van der Waals surface area contributed by atoms with Crippen molar-refractivity contribution in [3.8, 4) is 0 Å². The third-order valence-electron chi connectivity index (χ3n) is 16.7. The van der Waals surface area contributed by atoms with E-state index >= 15 is 0 Å². The summed E-state index contributed by atoms with van der Waals surface area (Å²) in [5, 5.41) is 5.39. The summed E-state index contributed by atoms with van der Waals surface area (Å²) >= 11 is 0. The van der Waals surface area contributed by atoms with Gasteiger partial charge in [-0.3, -0.25) is 0 Å². The minimum atomic E-state index is -0.387. The van der Waals surface area contributed by atoms with Gasteiger partial charge in [0.15, 0.2) is 0 Å². The van der Waals surface area contributed by atoms with Gasteiger partial charge in [0, 0.05) is 35.5 Å². The fourth-order valence-corrected chi connectivity index (χ4v) is 14.0. The average molecular weight is 835 g/mol. The molecule has 6 aromatic rings. The lowest BCUT2D eigenvalue weighted by atomic mass is 9.46. The maximum Gasteiger partial charge on any atom is 0.0268 e. The van der Waals surface area contributed by atoms with Crippen LogP contribution in [0.15, 0.2) is 119 Å². The van der Waals surface area contributed by atoms with Crippen LogP contribution >= 0.6 is 0 Å². The van der Waals surface area contributed by atoms with Gasteiger partial charge >= 0.3 is 0 Å². The first-order chi connectivity index (χ1) is 30.7. The number of hydrogen-bond donors (Lipinski definition) is 0. The van der Waals surface area contributed by atoms with Crippen LogP contribution in [0.25, 0.3) is 44.8 Å². The van der Waals surface area contributed by atoms with E-state index in [1.165, 1.54) is 111 Å². The Morgan fingerprint density at radius 2 is 0.953 bits per heavy atom. The molecule has 0 heteroatoms. The Balaban J connectivity index is 1.33. The molecule has 1 saturated carbocycles. The van der Waals surface area contributed by atoms with Gasteiger partial charge in [0.05, 0.1) is 0 Å². The molecule has 11 rings (SSSR count). The van der Waals surface area contributed by atoms with Crippen molar-refractivity contribution >= 4 is 44.8 Å². The zero-order valence-electron chi connectivity index (χ0n) is 40.4. The Hall–Kier alpha value is -5.20. The average Bonchev–Trinajstić information content (AvgIpc) is 3.51. The number of rotatable bonds is 9. The first-order valence-corrected chi connectivity index (χ1v) is 24.6. The van der Waals surface area contributed by atoms with E-state index in [-0.39, 0.29) is 22.7 Å². The van der Waals surface area contributed by atoms with Crippen LogP contribution in [0.1, 0.15) is 198 Å². The van der Waals surface area contributed by atoms with Crippen molar-refractivity contribution in [2.24, 2.45) is 10.8 Å². The summed E-state index contributed by atoms with van der Waals surface area (Å²) in [6.45, 7) is 29.2. The molecule has 0 heterocycles. The predicted octanol–water partition coefficient (Wildman–Crippen LogP) is 18.0. The number of fused-ring (bicyclic) bond motifs is 8.